The molecular formula is C13H12NO. The molecule has 15 heavy (non-hydrogen) atoms. The number of aromatic nitrogens is 1. The van der Waals surface area contributed by atoms with Crippen molar-refractivity contribution in [3.05, 3.63) is 64.1 Å². The number of benzene rings is 1. The second-order valence-corrected chi connectivity index (χ2v) is 3.60. The number of nitrogens with zero attached hydrogens (tertiary/aromatic N) is 1. The maximum absolute atomic E-state index is 11.8. The number of aryl methyl sites for hydroxylation is 2. The van der Waals surface area contributed by atoms with Crippen LogP contribution in [0.5, 0.6) is 0 Å². The fraction of sp³-hybridized carbons (Fsp3) is 0.154. The van der Waals surface area contributed by atoms with E-state index in [1.165, 1.54) is 0 Å². The largest absolute Gasteiger partial charge is 0.284 e. The molecule has 0 aliphatic rings. The predicted octanol–water partition coefficient (Wildman–Crippen LogP) is 2.25. The molecule has 0 N–H and O–H groups in total. The van der Waals surface area contributed by atoms with E-state index in [1.54, 1.807) is 10.8 Å². The first kappa shape index (κ1) is 9.71. The molecule has 0 bridgehead atoms. The van der Waals surface area contributed by atoms with Gasteiger partial charge in [0.25, 0.3) is 5.56 Å². The lowest BCUT2D eigenvalue weighted by molar-refractivity contribution is 0.969. The highest BCUT2D eigenvalue weighted by atomic mass is 16.1. The van der Waals surface area contributed by atoms with E-state index in [0.717, 1.165) is 16.8 Å². The summed E-state index contributed by atoms with van der Waals surface area (Å²) in [5, 5.41) is 0. The molecule has 0 saturated heterocycles. The minimum absolute atomic E-state index is 0.0229. The second kappa shape index (κ2) is 3.73. The Balaban J connectivity index is 2.59. The predicted molar refractivity (Wildman–Crippen MR) is 60.3 cm³/mol. The molecule has 1 heterocycles. The number of hydrogen-bond donors (Lipinski definition) is 0. The maximum atomic E-state index is 11.8. The molecule has 2 heteroatoms. The van der Waals surface area contributed by atoms with Crippen LogP contribution in [0.4, 0.5) is 0 Å². The Morgan fingerprint density at radius 3 is 2.67 bits per heavy atom. The highest BCUT2D eigenvalue weighted by Gasteiger charge is 2.00. The summed E-state index contributed by atoms with van der Waals surface area (Å²) >= 11 is 0. The van der Waals surface area contributed by atoms with E-state index in [9.17, 15) is 4.79 Å². The van der Waals surface area contributed by atoms with Gasteiger partial charge in [-0.15, -0.1) is 0 Å². The van der Waals surface area contributed by atoms with Crippen molar-refractivity contribution >= 4 is 0 Å². The molecule has 2 nitrogen and oxygen atoms in total. The normalized spacial score (nSPS) is 10.3. The molecule has 75 valence electrons. The fourth-order valence-electron chi connectivity index (χ4n) is 1.45. The Bertz CT molecular complexity index is 523. The summed E-state index contributed by atoms with van der Waals surface area (Å²) in [4.78, 5) is 11.8. The van der Waals surface area contributed by atoms with Crippen molar-refractivity contribution in [1.82, 2.24) is 4.57 Å². The van der Waals surface area contributed by atoms with Crippen LogP contribution in [0.15, 0.2) is 41.3 Å². The topological polar surface area (TPSA) is 22.0 Å². The Morgan fingerprint density at radius 1 is 1.20 bits per heavy atom. The molecule has 1 aromatic carbocycles. The summed E-state index contributed by atoms with van der Waals surface area (Å²) in [6.45, 7) is 3.79. The van der Waals surface area contributed by atoms with Crippen molar-refractivity contribution in [2.75, 3.05) is 0 Å². The molecule has 0 atom stereocenters. The molecule has 2 rings (SSSR count). The van der Waals surface area contributed by atoms with Gasteiger partial charge >= 0.3 is 0 Å². The first-order chi connectivity index (χ1) is 7.18. The third-order valence-electron chi connectivity index (χ3n) is 2.37. The quantitative estimate of drug-likeness (QED) is 0.689. The van der Waals surface area contributed by atoms with Crippen LogP contribution in [0.1, 0.15) is 11.1 Å². The zero-order chi connectivity index (χ0) is 10.8. The lowest BCUT2D eigenvalue weighted by Gasteiger charge is -2.06. The van der Waals surface area contributed by atoms with Gasteiger partial charge in [0.1, 0.15) is 0 Å². The minimum Gasteiger partial charge on any atom is -0.284 e. The molecule has 0 aliphatic carbocycles. The molecule has 0 spiro atoms. The van der Waals surface area contributed by atoms with Crippen molar-refractivity contribution in [1.29, 1.82) is 0 Å². The lowest BCUT2D eigenvalue weighted by Crippen LogP contribution is -2.19. The zero-order valence-electron chi connectivity index (χ0n) is 8.82. The Hall–Kier alpha value is -1.83. The average molecular weight is 198 g/mol. The van der Waals surface area contributed by atoms with Crippen LogP contribution >= 0.6 is 0 Å². The Morgan fingerprint density at radius 2 is 2.00 bits per heavy atom. The summed E-state index contributed by atoms with van der Waals surface area (Å²) in [6, 6.07) is 12.5. The van der Waals surface area contributed by atoms with Crippen molar-refractivity contribution < 1.29 is 0 Å². The van der Waals surface area contributed by atoms with Crippen LogP contribution in [-0.4, -0.2) is 4.57 Å². The molecule has 1 aromatic heterocycles. The van der Waals surface area contributed by atoms with Crippen molar-refractivity contribution in [3.63, 3.8) is 0 Å². The molecule has 0 saturated carbocycles. The number of rotatable bonds is 1. The van der Waals surface area contributed by atoms with Crippen molar-refractivity contribution in [2.24, 2.45) is 0 Å². The summed E-state index contributed by atoms with van der Waals surface area (Å²) < 4.78 is 1.63. The van der Waals surface area contributed by atoms with Crippen LogP contribution < -0.4 is 5.56 Å². The SMILES string of the molecule is Cc1[c]cc(-n2cccc(C)c2=O)cc1. The first-order valence-corrected chi connectivity index (χ1v) is 4.85. The van der Waals surface area contributed by atoms with Gasteiger partial charge in [0.2, 0.25) is 0 Å². The van der Waals surface area contributed by atoms with Gasteiger partial charge in [0, 0.05) is 17.4 Å². The van der Waals surface area contributed by atoms with Gasteiger partial charge in [-0.25, -0.2) is 0 Å². The average Bonchev–Trinajstić information content (AvgIpc) is 2.24. The third-order valence-corrected chi connectivity index (χ3v) is 2.37. The molecule has 2 aromatic rings. The van der Waals surface area contributed by atoms with Crippen molar-refractivity contribution in [3.8, 4) is 5.69 Å². The molecule has 0 amide bonds. The van der Waals surface area contributed by atoms with Crippen LogP contribution in [0.2, 0.25) is 0 Å². The summed E-state index contributed by atoms with van der Waals surface area (Å²) in [5.74, 6) is 0. The van der Waals surface area contributed by atoms with Gasteiger partial charge in [-0.3, -0.25) is 9.36 Å². The van der Waals surface area contributed by atoms with Crippen molar-refractivity contribution in [2.45, 2.75) is 13.8 Å². The summed E-state index contributed by atoms with van der Waals surface area (Å²) in [6.07, 6.45) is 1.77. The monoisotopic (exact) mass is 198 g/mol. The van der Waals surface area contributed by atoms with Crippen LogP contribution in [0, 0.1) is 19.9 Å². The zero-order valence-corrected chi connectivity index (χ0v) is 8.82. The summed E-state index contributed by atoms with van der Waals surface area (Å²) in [5.41, 5.74) is 2.70. The molecule has 0 unspecified atom stereocenters. The van der Waals surface area contributed by atoms with E-state index < -0.39 is 0 Å². The van der Waals surface area contributed by atoms with Crippen LogP contribution in [0.25, 0.3) is 5.69 Å². The maximum Gasteiger partial charge on any atom is 0.257 e. The fourth-order valence-corrected chi connectivity index (χ4v) is 1.45. The molecule has 0 aliphatic heterocycles. The smallest absolute Gasteiger partial charge is 0.257 e. The van der Waals surface area contributed by atoms with Gasteiger partial charge in [-0.1, -0.05) is 12.1 Å². The van der Waals surface area contributed by atoms with E-state index >= 15 is 0 Å². The minimum atomic E-state index is 0.0229. The standard InChI is InChI=1S/C13H12NO/c1-10-5-7-12(8-6-10)14-9-3-4-11(2)13(14)15/h3-5,7-9H,1-2H3. The van der Waals surface area contributed by atoms with Crippen LogP contribution in [-0.2, 0) is 0 Å². The Labute approximate surface area is 88.8 Å². The van der Waals surface area contributed by atoms with E-state index in [1.807, 2.05) is 44.2 Å². The lowest BCUT2D eigenvalue weighted by atomic mass is 10.2. The number of hydrogen-bond acceptors (Lipinski definition) is 1. The molecule has 0 fully saturated rings. The van der Waals surface area contributed by atoms with Gasteiger partial charge in [0.15, 0.2) is 0 Å². The highest BCUT2D eigenvalue weighted by molar-refractivity contribution is 5.34. The van der Waals surface area contributed by atoms with Gasteiger partial charge < -0.3 is 0 Å². The van der Waals surface area contributed by atoms with E-state index in [4.69, 9.17) is 0 Å². The molecular weight excluding hydrogens is 186 g/mol. The highest BCUT2D eigenvalue weighted by Crippen LogP contribution is 2.06. The summed E-state index contributed by atoms with van der Waals surface area (Å²) in [7, 11) is 0. The first-order valence-electron chi connectivity index (χ1n) is 4.85. The van der Waals surface area contributed by atoms with Gasteiger partial charge in [-0.2, -0.15) is 0 Å². The van der Waals surface area contributed by atoms with E-state index in [2.05, 4.69) is 6.07 Å². The molecule has 1 radical (unpaired) electrons. The van der Waals surface area contributed by atoms with E-state index in [0.29, 0.717) is 0 Å². The van der Waals surface area contributed by atoms with Gasteiger partial charge in [0.05, 0.1) is 0 Å². The second-order valence-electron chi connectivity index (χ2n) is 3.60. The third kappa shape index (κ3) is 1.84. The van der Waals surface area contributed by atoms with Gasteiger partial charge in [-0.05, 0) is 43.7 Å². The number of pyridine rings is 1. The Kier molecular flexibility index (Phi) is 2.42. The van der Waals surface area contributed by atoms with Crippen LogP contribution in [0.3, 0.4) is 0 Å². The van der Waals surface area contributed by atoms with E-state index in [-0.39, 0.29) is 5.56 Å².